The molecule has 0 saturated carbocycles. The number of hydrogen-bond acceptors (Lipinski definition) is 4. The number of likely N-dealkylation sites (N-methyl/N-ethyl adjacent to an activating group) is 1. The van der Waals surface area contributed by atoms with Gasteiger partial charge in [0, 0.05) is 25.6 Å². The molecule has 0 aromatic heterocycles. The van der Waals surface area contributed by atoms with E-state index < -0.39 is 0 Å². The molecule has 37 heavy (non-hydrogen) atoms. The van der Waals surface area contributed by atoms with Crippen molar-refractivity contribution in [1.29, 1.82) is 0 Å². The minimum absolute atomic E-state index is 0.0110. The molecule has 4 nitrogen and oxygen atoms in total. The predicted octanol–water partition coefficient (Wildman–Crippen LogP) is 6.41. The van der Waals surface area contributed by atoms with E-state index in [9.17, 15) is 5.11 Å². The molecule has 0 aliphatic carbocycles. The molecule has 2 N–H and O–H groups in total. The highest BCUT2D eigenvalue weighted by molar-refractivity contribution is 6.09. The van der Waals surface area contributed by atoms with Crippen LogP contribution in [-0.2, 0) is 0 Å². The Morgan fingerprint density at radius 2 is 1.35 bits per heavy atom. The highest BCUT2D eigenvalue weighted by Gasteiger charge is 2.20. The summed E-state index contributed by atoms with van der Waals surface area (Å²) in [6, 6.07) is 35.6. The lowest BCUT2D eigenvalue weighted by atomic mass is 9.81. The normalized spacial score (nSPS) is 12.3. The van der Waals surface area contributed by atoms with Crippen molar-refractivity contribution < 1.29 is 9.84 Å². The Labute approximate surface area is 219 Å². The molecule has 4 heteroatoms. The van der Waals surface area contributed by atoms with Gasteiger partial charge in [0.25, 0.3) is 0 Å². The summed E-state index contributed by atoms with van der Waals surface area (Å²) in [7, 11) is 4.15. The third-order valence-electron chi connectivity index (χ3n) is 6.83. The largest absolute Gasteiger partial charge is 0.508 e. The molecule has 0 spiro atoms. The van der Waals surface area contributed by atoms with Gasteiger partial charge in [-0.3, -0.25) is 0 Å². The summed E-state index contributed by atoms with van der Waals surface area (Å²) in [5, 5.41) is 18.3. The maximum absolute atomic E-state index is 9.97. The fourth-order valence-electron chi connectivity index (χ4n) is 4.97. The predicted molar refractivity (Wildman–Crippen MR) is 154 cm³/mol. The average molecular weight is 491 g/mol. The highest BCUT2D eigenvalue weighted by atomic mass is 16.5. The Hall–Kier alpha value is -3.86. The third-order valence-corrected chi connectivity index (χ3v) is 6.83. The van der Waals surface area contributed by atoms with Crippen LogP contribution in [-0.4, -0.2) is 50.3 Å². The lowest BCUT2D eigenvalue weighted by Gasteiger charge is -2.22. The van der Waals surface area contributed by atoms with Gasteiger partial charge in [0.05, 0.1) is 0 Å². The van der Waals surface area contributed by atoms with Gasteiger partial charge in [0.1, 0.15) is 18.1 Å². The van der Waals surface area contributed by atoms with Gasteiger partial charge in [0.15, 0.2) is 0 Å². The van der Waals surface area contributed by atoms with Crippen molar-refractivity contribution in [1.82, 2.24) is 10.2 Å². The zero-order valence-electron chi connectivity index (χ0n) is 21.5. The Balaban J connectivity index is 1.48. The van der Waals surface area contributed by atoms with E-state index in [0.29, 0.717) is 6.61 Å². The molecule has 0 aliphatic heterocycles. The molecular weight excluding hydrogens is 456 g/mol. The first-order valence-electron chi connectivity index (χ1n) is 12.9. The third kappa shape index (κ3) is 5.77. The van der Waals surface area contributed by atoms with Crippen molar-refractivity contribution in [2.75, 3.05) is 40.3 Å². The van der Waals surface area contributed by atoms with E-state index in [1.165, 1.54) is 32.7 Å². The number of fused-ring (bicyclic) bond motifs is 3. The molecule has 5 aromatic rings. The molecule has 0 aliphatic rings. The Kier molecular flexibility index (Phi) is 7.69. The van der Waals surface area contributed by atoms with Gasteiger partial charge >= 0.3 is 0 Å². The van der Waals surface area contributed by atoms with E-state index >= 15 is 0 Å². The summed E-state index contributed by atoms with van der Waals surface area (Å²) in [6.07, 6.45) is 0. The lowest BCUT2D eigenvalue weighted by molar-refractivity contribution is 0.308. The first-order valence-corrected chi connectivity index (χ1v) is 12.9. The molecule has 0 amide bonds. The van der Waals surface area contributed by atoms with Crippen molar-refractivity contribution in [2.24, 2.45) is 0 Å². The zero-order valence-corrected chi connectivity index (χ0v) is 21.5. The first kappa shape index (κ1) is 24.8. The lowest BCUT2D eigenvalue weighted by Crippen LogP contribution is -2.29. The van der Waals surface area contributed by atoms with E-state index in [2.05, 4.69) is 103 Å². The number of phenolic OH excluding ortho intramolecular Hbond substituents is 1. The number of benzene rings is 5. The summed E-state index contributed by atoms with van der Waals surface area (Å²) in [5.41, 5.74) is 3.57. The van der Waals surface area contributed by atoms with Crippen molar-refractivity contribution in [3.8, 4) is 11.5 Å². The minimum Gasteiger partial charge on any atom is -0.508 e. The number of nitrogens with one attached hydrogen (secondary N) is 1. The summed E-state index contributed by atoms with van der Waals surface area (Å²) in [6.45, 7) is 3.40. The maximum Gasteiger partial charge on any atom is 0.119 e. The summed E-state index contributed by atoms with van der Waals surface area (Å²) in [5.74, 6) is 1.15. The number of ether oxygens (including phenoxy) is 1. The molecule has 0 saturated heterocycles. The monoisotopic (exact) mass is 490 g/mol. The van der Waals surface area contributed by atoms with E-state index in [1.54, 1.807) is 12.1 Å². The van der Waals surface area contributed by atoms with Crippen LogP contribution in [0.5, 0.6) is 11.5 Å². The molecule has 188 valence electrons. The molecule has 1 atom stereocenters. The van der Waals surface area contributed by atoms with Crippen LogP contribution in [0.4, 0.5) is 0 Å². The second kappa shape index (κ2) is 11.5. The molecular formula is C33H34N2O2. The van der Waals surface area contributed by atoms with Gasteiger partial charge in [0.2, 0.25) is 0 Å². The molecule has 0 radical (unpaired) electrons. The van der Waals surface area contributed by atoms with Crippen LogP contribution < -0.4 is 10.1 Å². The van der Waals surface area contributed by atoms with E-state index in [0.717, 1.165) is 30.9 Å². The molecule has 5 rings (SSSR count). The number of aromatic hydroxyl groups is 1. The van der Waals surface area contributed by atoms with E-state index in [1.807, 2.05) is 12.1 Å². The summed E-state index contributed by atoms with van der Waals surface area (Å²) >= 11 is 0. The topological polar surface area (TPSA) is 44.7 Å². The second-order valence-electron chi connectivity index (χ2n) is 9.73. The van der Waals surface area contributed by atoms with E-state index in [4.69, 9.17) is 4.74 Å². The van der Waals surface area contributed by atoms with Crippen LogP contribution in [0.1, 0.15) is 22.6 Å². The molecule has 0 bridgehead atoms. The van der Waals surface area contributed by atoms with Crippen LogP contribution in [0.15, 0.2) is 103 Å². The molecule has 1 unspecified atom stereocenters. The van der Waals surface area contributed by atoms with Gasteiger partial charge < -0.3 is 20.1 Å². The van der Waals surface area contributed by atoms with Gasteiger partial charge in [-0.05, 0) is 82.7 Å². The second-order valence-corrected chi connectivity index (χ2v) is 9.73. The van der Waals surface area contributed by atoms with Crippen LogP contribution in [0.2, 0.25) is 0 Å². The van der Waals surface area contributed by atoms with Gasteiger partial charge in [-0.1, -0.05) is 72.8 Å². The van der Waals surface area contributed by atoms with Crippen LogP contribution in [0.3, 0.4) is 0 Å². The highest BCUT2D eigenvalue weighted by Crippen LogP contribution is 2.40. The first-order chi connectivity index (χ1) is 18.1. The molecule has 5 aromatic carbocycles. The average Bonchev–Trinajstić information content (AvgIpc) is 2.92. The van der Waals surface area contributed by atoms with Crippen LogP contribution in [0, 0.1) is 0 Å². The smallest absolute Gasteiger partial charge is 0.119 e. The van der Waals surface area contributed by atoms with Gasteiger partial charge in [-0.15, -0.1) is 0 Å². The van der Waals surface area contributed by atoms with Crippen LogP contribution >= 0.6 is 0 Å². The van der Waals surface area contributed by atoms with Crippen molar-refractivity contribution in [2.45, 2.75) is 5.92 Å². The quantitative estimate of drug-likeness (QED) is 0.135. The number of rotatable bonds is 10. The number of hydrogen-bond donors (Lipinski definition) is 2. The van der Waals surface area contributed by atoms with Crippen molar-refractivity contribution in [3.05, 3.63) is 120 Å². The van der Waals surface area contributed by atoms with Crippen LogP contribution in [0.25, 0.3) is 21.5 Å². The van der Waals surface area contributed by atoms with Crippen molar-refractivity contribution in [3.63, 3.8) is 0 Å². The summed E-state index contributed by atoms with van der Waals surface area (Å²) < 4.78 is 5.99. The van der Waals surface area contributed by atoms with E-state index in [-0.39, 0.29) is 11.7 Å². The maximum atomic E-state index is 9.97. The standard InChI is InChI=1S/C33H34N2O2/c1-35(2)21-19-34-20-22-37-28-17-13-25(14-18-28)33(24-11-15-27(36)16-12-24)32-23-26-7-3-4-8-29(26)30-9-5-6-10-31(30)32/h3-18,23,33-34,36H,19-22H2,1-2H3. The Bertz CT molecular complexity index is 1460. The zero-order chi connectivity index (χ0) is 25.6. The number of nitrogens with zero attached hydrogens (tertiary/aromatic N) is 1. The minimum atomic E-state index is 0.0110. The number of phenols is 1. The fourth-order valence-corrected chi connectivity index (χ4v) is 4.97. The summed E-state index contributed by atoms with van der Waals surface area (Å²) in [4.78, 5) is 2.16. The van der Waals surface area contributed by atoms with Crippen molar-refractivity contribution >= 4 is 21.5 Å². The SMILES string of the molecule is CN(C)CCNCCOc1ccc(C(c2ccc(O)cc2)c2cc3ccccc3c3ccccc23)cc1. The van der Waals surface area contributed by atoms with Gasteiger partial charge in [-0.2, -0.15) is 0 Å². The van der Waals surface area contributed by atoms with Gasteiger partial charge in [-0.25, -0.2) is 0 Å². The Morgan fingerprint density at radius 1 is 0.730 bits per heavy atom. The molecule has 0 heterocycles. The Morgan fingerprint density at radius 3 is 2.05 bits per heavy atom. The molecule has 0 fully saturated rings. The fraction of sp³-hybridized carbons (Fsp3) is 0.212.